The number of rotatable bonds is 6. The second-order valence-corrected chi connectivity index (χ2v) is 7.50. The lowest BCUT2D eigenvalue weighted by atomic mass is 10.1. The monoisotopic (exact) mass is 341 g/mol. The van der Waals surface area contributed by atoms with Crippen LogP contribution in [0.2, 0.25) is 0 Å². The van der Waals surface area contributed by atoms with Gasteiger partial charge in [-0.25, -0.2) is 9.36 Å². The number of benzene rings is 1. The van der Waals surface area contributed by atoms with Crippen molar-refractivity contribution in [3.63, 3.8) is 0 Å². The predicted octanol–water partition coefficient (Wildman–Crippen LogP) is 6.23. The second-order valence-electron chi connectivity index (χ2n) is 7.50. The Morgan fingerprint density at radius 2 is 1.76 bits per heavy atom. The van der Waals surface area contributed by atoms with Crippen molar-refractivity contribution in [1.82, 2.24) is 4.57 Å². The summed E-state index contributed by atoms with van der Waals surface area (Å²) in [5, 5.41) is 0. The van der Waals surface area contributed by atoms with E-state index in [0.717, 1.165) is 36.2 Å². The van der Waals surface area contributed by atoms with Crippen molar-refractivity contribution in [3.8, 4) is 11.3 Å². The Bertz CT molecular complexity index is 693. The van der Waals surface area contributed by atoms with Crippen LogP contribution in [0, 0.1) is 0 Å². The molecule has 3 heteroatoms. The van der Waals surface area contributed by atoms with Gasteiger partial charge in [-0.3, -0.25) is 0 Å². The van der Waals surface area contributed by atoms with Gasteiger partial charge in [0.05, 0.1) is 5.69 Å². The zero-order valence-corrected chi connectivity index (χ0v) is 16.3. The minimum Gasteiger partial charge on any atom is -0.443 e. The summed E-state index contributed by atoms with van der Waals surface area (Å²) in [6, 6.07) is 12.3. The summed E-state index contributed by atoms with van der Waals surface area (Å²) in [5.41, 5.74) is 3.78. The summed E-state index contributed by atoms with van der Waals surface area (Å²) in [6.45, 7) is 10.1. The highest BCUT2D eigenvalue weighted by Gasteiger charge is 2.25. The Morgan fingerprint density at radius 1 is 1.08 bits per heavy atom. The third kappa shape index (κ3) is 4.97. The number of carbonyl (C=O) groups excluding carboxylic acids is 1. The van der Waals surface area contributed by atoms with Crippen LogP contribution >= 0.6 is 0 Å². The molecular weight excluding hydrogens is 310 g/mol. The number of carbonyl (C=O) groups is 1. The maximum Gasteiger partial charge on any atom is 0.419 e. The van der Waals surface area contributed by atoms with E-state index in [-0.39, 0.29) is 6.09 Å². The summed E-state index contributed by atoms with van der Waals surface area (Å²) >= 11 is 0. The molecule has 136 valence electrons. The standard InChI is InChI=1S/C22H31NO2/c1-6-8-10-15-19-16-17(7-2)20(18-13-11-9-12-14-18)23(19)21(24)25-22(3,4)5/h9,11-14,16H,6-8,10,15H2,1-5H3. The molecule has 0 fully saturated rings. The molecule has 0 unspecified atom stereocenters. The molecule has 0 N–H and O–H groups in total. The van der Waals surface area contributed by atoms with E-state index in [2.05, 4.69) is 32.0 Å². The van der Waals surface area contributed by atoms with Crippen LogP contribution in [-0.4, -0.2) is 16.3 Å². The van der Waals surface area contributed by atoms with Crippen molar-refractivity contribution in [2.45, 2.75) is 72.3 Å². The van der Waals surface area contributed by atoms with Crippen LogP contribution in [0.3, 0.4) is 0 Å². The average molecular weight is 341 g/mol. The van der Waals surface area contributed by atoms with E-state index in [9.17, 15) is 4.79 Å². The van der Waals surface area contributed by atoms with E-state index >= 15 is 0 Å². The first kappa shape index (κ1) is 19.3. The summed E-state index contributed by atoms with van der Waals surface area (Å²) in [4.78, 5) is 13.0. The molecule has 1 heterocycles. The molecule has 0 bridgehead atoms. The minimum absolute atomic E-state index is 0.280. The number of aryl methyl sites for hydroxylation is 2. The van der Waals surface area contributed by atoms with E-state index in [1.165, 1.54) is 18.4 Å². The number of hydrogen-bond acceptors (Lipinski definition) is 2. The number of aromatic nitrogens is 1. The molecule has 0 amide bonds. The lowest BCUT2D eigenvalue weighted by Crippen LogP contribution is -2.28. The van der Waals surface area contributed by atoms with Gasteiger partial charge in [0, 0.05) is 5.69 Å². The Labute approximate surface area is 152 Å². The fourth-order valence-corrected chi connectivity index (χ4v) is 3.06. The Morgan fingerprint density at radius 3 is 2.32 bits per heavy atom. The van der Waals surface area contributed by atoms with E-state index in [1.807, 2.05) is 39.0 Å². The van der Waals surface area contributed by atoms with Gasteiger partial charge < -0.3 is 4.74 Å². The van der Waals surface area contributed by atoms with Crippen molar-refractivity contribution in [2.24, 2.45) is 0 Å². The van der Waals surface area contributed by atoms with Crippen LogP contribution in [0.25, 0.3) is 11.3 Å². The molecule has 1 aromatic carbocycles. The first-order valence-electron chi connectivity index (χ1n) is 9.39. The maximum atomic E-state index is 13.0. The quantitative estimate of drug-likeness (QED) is 0.583. The van der Waals surface area contributed by atoms with E-state index in [1.54, 1.807) is 4.57 Å². The van der Waals surface area contributed by atoms with Gasteiger partial charge in [0.25, 0.3) is 0 Å². The molecule has 0 aliphatic rings. The maximum absolute atomic E-state index is 13.0. The van der Waals surface area contributed by atoms with Gasteiger partial charge in [-0.2, -0.15) is 0 Å². The Kier molecular flexibility index (Phi) is 6.46. The molecule has 0 atom stereocenters. The van der Waals surface area contributed by atoms with Gasteiger partial charge in [0.15, 0.2) is 0 Å². The number of ether oxygens (including phenoxy) is 1. The predicted molar refractivity (Wildman–Crippen MR) is 104 cm³/mol. The Hall–Kier alpha value is -2.03. The molecule has 2 rings (SSSR count). The molecular formula is C22H31NO2. The SMILES string of the molecule is CCCCCc1cc(CC)c(-c2ccccc2)n1C(=O)OC(C)(C)C. The number of nitrogens with zero attached hydrogens (tertiary/aromatic N) is 1. The zero-order chi connectivity index (χ0) is 18.4. The highest BCUT2D eigenvalue weighted by Crippen LogP contribution is 2.30. The molecule has 25 heavy (non-hydrogen) atoms. The van der Waals surface area contributed by atoms with Crippen LogP contribution in [0.5, 0.6) is 0 Å². The van der Waals surface area contributed by atoms with Crippen molar-refractivity contribution in [3.05, 3.63) is 47.7 Å². The summed E-state index contributed by atoms with van der Waals surface area (Å²) in [6.07, 6.45) is 4.92. The molecule has 0 saturated heterocycles. The smallest absolute Gasteiger partial charge is 0.419 e. The molecule has 0 saturated carbocycles. The molecule has 0 radical (unpaired) electrons. The largest absolute Gasteiger partial charge is 0.443 e. The van der Waals surface area contributed by atoms with Crippen LogP contribution in [0.1, 0.15) is 65.1 Å². The van der Waals surface area contributed by atoms with Gasteiger partial charge >= 0.3 is 6.09 Å². The van der Waals surface area contributed by atoms with E-state index in [0.29, 0.717) is 0 Å². The molecule has 1 aromatic heterocycles. The summed E-state index contributed by atoms with van der Waals surface area (Å²) in [7, 11) is 0. The topological polar surface area (TPSA) is 31.2 Å². The highest BCUT2D eigenvalue weighted by atomic mass is 16.6. The normalized spacial score (nSPS) is 11.6. The van der Waals surface area contributed by atoms with Gasteiger partial charge in [-0.1, -0.05) is 57.0 Å². The average Bonchev–Trinajstić information content (AvgIpc) is 2.93. The molecule has 0 aliphatic heterocycles. The van der Waals surface area contributed by atoms with Crippen LogP contribution in [0.4, 0.5) is 4.79 Å². The third-order valence-corrected chi connectivity index (χ3v) is 4.20. The molecule has 2 aromatic rings. The number of hydrogen-bond donors (Lipinski definition) is 0. The highest BCUT2D eigenvalue weighted by molar-refractivity contribution is 5.81. The van der Waals surface area contributed by atoms with Gasteiger partial charge in [0.2, 0.25) is 0 Å². The van der Waals surface area contributed by atoms with E-state index < -0.39 is 5.60 Å². The van der Waals surface area contributed by atoms with Gasteiger partial charge in [0.1, 0.15) is 5.60 Å². The lowest BCUT2D eigenvalue weighted by molar-refractivity contribution is 0.0535. The van der Waals surface area contributed by atoms with Crippen molar-refractivity contribution >= 4 is 6.09 Å². The molecule has 0 spiro atoms. The lowest BCUT2D eigenvalue weighted by Gasteiger charge is -2.22. The van der Waals surface area contributed by atoms with Crippen LogP contribution in [0.15, 0.2) is 36.4 Å². The van der Waals surface area contributed by atoms with Crippen molar-refractivity contribution in [1.29, 1.82) is 0 Å². The first-order chi connectivity index (χ1) is 11.9. The van der Waals surface area contributed by atoms with Crippen LogP contribution in [-0.2, 0) is 17.6 Å². The van der Waals surface area contributed by atoms with Crippen molar-refractivity contribution in [2.75, 3.05) is 0 Å². The van der Waals surface area contributed by atoms with Crippen LogP contribution < -0.4 is 0 Å². The van der Waals surface area contributed by atoms with Gasteiger partial charge in [-0.15, -0.1) is 0 Å². The minimum atomic E-state index is -0.512. The van der Waals surface area contributed by atoms with Gasteiger partial charge in [-0.05, 0) is 57.2 Å². The third-order valence-electron chi connectivity index (χ3n) is 4.20. The summed E-state index contributed by atoms with van der Waals surface area (Å²) < 4.78 is 7.52. The number of unbranched alkanes of at least 4 members (excludes halogenated alkanes) is 2. The first-order valence-corrected chi connectivity index (χ1v) is 9.39. The molecule has 3 nitrogen and oxygen atoms in total. The molecule has 0 aliphatic carbocycles. The fraction of sp³-hybridized carbons (Fsp3) is 0.500. The van der Waals surface area contributed by atoms with E-state index in [4.69, 9.17) is 4.74 Å². The fourth-order valence-electron chi connectivity index (χ4n) is 3.06. The second kappa shape index (κ2) is 8.37. The zero-order valence-electron chi connectivity index (χ0n) is 16.3. The Balaban J connectivity index is 2.53. The summed E-state index contributed by atoms with van der Waals surface area (Å²) in [5.74, 6) is 0. The van der Waals surface area contributed by atoms with Crippen molar-refractivity contribution < 1.29 is 9.53 Å².